The van der Waals surface area contributed by atoms with Gasteiger partial charge >= 0.3 is 0 Å². The Morgan fingerprint density at radius 3 is 2.69 bits per heavy atom. The smallest absolute Gasteiger partial charge is 0.256 e. The van der Waals surface area contributed by atoms with Gasteiger partial charge in [-0.05, 0) is 49.6 Å². The van der Waals surface area contributed by atoms with E-state index in [2.05, 4.69) is 22.5 Å². The summed E-state index contributed by atoms with van der Waals surface area (Å²) in [5.74, 6) is 1.34. The molecule has 0 saturated carbocycles. The number of carbonyl (C=O) groups is 1. The minimum Gasteiger partial charge on any atom is -0.494 e. The Balaban J connectivity index is 1.67. The van der Waals surface area contributed by atoms with Gasteiger partial charge in [-0.25, -0.2) is 4.68 Å². The predicted octanol–water partition coefficient (Wildman–Crippen LogP) is 4.09. The van der Waals surface area contributed by atoms with Crippen LogP contribution >= 0.6 is 0 Å². The number of rotatable bonds is 7. The Labute approximate surface area is 153 Å². The highest BCUT2D eigenvalue weighted by Gasteiger charge is 2.11. The third-order valence-corrected chi connectivity index (χ3v) is 4.15. The quantitative estimate of drug-likeness (QED) is 0.699. The number of hydrogen-bond acceptors (Lipinski definition) is 3. The van der Waals surface area contributed by atoms with Crippen molar-refractivity contribution in [2.75, 3.05) is 11.9 Å². The monoisotopic (exact) mass is 349 g/mol. The number of nitrogens with zero attached hydrogens (tertiary/aromatic N) is 2. The van der Waals surface area contributed by atoms with Gasteiger partial charge in [0.25, 0.3) is 5.91 Å². The molecule has 134 valence electrons. The van der Waals surface area contributed by atoms with Crippen molar-refractivity contribution in [2.45, 2.75) is 26.8 Å². The van der Waals surface area contributed by atoms with Gasteiger partial charge < -0.3 is 10.1 Å². The summed E-state index contributed by atoms with van der Waals surface area (Å²) in [6.07, 6.45) is 2.55. The summed E-state index contributed by atoms with van der Waals surface area (Å²) in [6, 6.07) is 17.5. The number of aryl methyl sites for hydroxylation is 3. The third kappa shape index (κ3) is 4.30. The summed E-state index contributed by atoms with van der Waals surface area (Å²) in [6.45, 7) is 5.18. The Morgan fingerprint density at radius 1 is 1.15 bits per heavy atom. The molecular formula is C21H23N3O2. The normalized spacial score (nSPS) is 10.5. The van der Waals surface area contributed by atoms with E-state index in [4.69, 9.17) is 4.74 Å². The molecule has 5 nitrogen and oxygen atoms in total. The molecule has 2 aromatic carbocycles. The van der Waals surface area contributed by atoms with E-state index in [1.165, 1.54) is 5.56 Å². The van der Waals surface area contributed by atoms with Crippen molar-refractivity contribution in [3.8, 4) is 5.75 Å². The van der Waals surface area contributed by atoms with Crippen LogP contribution in [0.2, 0.25) is 0 Å². The molecule has 26 heavy (non-hydrogen) atoms. The molecule has 0 aliphatic carbocycles. The number of hydrogen-bond donors (Lipinski definition) is 1. The molecule has 0 atom stereocenters. The molecule has 1 heterocycles. The Kier molecular flexibility index (Phi) is 5.69. The van der Waals surface area contributed by atoms with Crippen LogP contribution in [-0.4, -0.2) is 22.3 Å². The lowest BCUT2D eigenvalue weighted by Gasteiger charge is -2.11. The molecule has 0 bridgehead atoms. The van der Waals surface area contributed by atoms with Crippen LogP contribution in [0.5, 0.6) is 5.75 Å². The van der Waals surface area contributed by atoms with Gasteiger partial charge in [0.05, 0.1) is 12.8 Å². The van der Waals surface area contributed by atoms with Gasteiger partial charge in [0, 0.05) is 18.2 Å². The first kappa shape index (κ1) is 17.7. The first-order valence-electron chi connectivity index (χ1n) is 8.78. The topological polar surface area (TPSA) is 56.1 Å². The number of nitrogens with one attached hydrogen (secondary N) is 1. The number of amides is 1. The zero-order valence-corrected chi connectivity index (χ0v) is 15.1. The summed E-state index contributed by atoms with van der Waals surface area (Å²) in [7, 11) is 0. The molecule has 0 saturated heterocycles. The predicted molar refractivity (Wildman–Crippen MR) is 103 cm³/mol. The number of ether oxygens (including phenoxy) is 1. The second-order valence-corrected chi connectivity index (χ2v) is 6.04. The molecule has 0 aliphatic rings. The van der Waals surface area contributed by atoms with Crippen molar-refractivity contribution in [1.29, 1.82) is 0 Å². The molecule has 0 unspecified atom stereocenters. The van der Waals surface area contributed by atoms with Gasteiger partial charge in [-0.3, -0.25) is 4.79 Å². The fourth-order valence-corrected chi connectivity index (χ4v) is 2.79. The summed E-state index contributed by atoms with van der Waals surface area (Å²) in [4.78, 5) is 12.6. The van der Waals surface area contributed by atoms with Gasteiger partial charge in [-0.15, -0.1) is 0 Å². The van der Waals surface area contributed by atoms with Crippen LogP contribution in [0.1, 0.15) is 28.4 Å². The van der Waals surface area contributed by atoms with Gasteiger partial charge in [-0.2, -0.15) is 5.10 Å². The van der Waals surface area contributed by atoms with Crippen LogP contribution in [0.3, 0.4) is 0 Å². The molecule has 0 fully saturated rings. The molecular weight excluding hydrogens is 326 g/mol. The first-order chi connectivity index (χ1) is 12.7. The van der Waals surface area contributed by atoms with Crippen molar-refractivity contribution >= 4 is 11.7 Å². The molecule has 3 aromatic rings. The largest absolute Gasteiger partial charge is 0.494 e. The number of aromatic nitrogens is 2. The van der Waals surface area contributed by atoms with E-state index in [-0.39, 0.29) is 5.91 Å². The van der Waals surface area contributed by atoms with Gasteiger partial charge in [0.1, 0.15) is 11.6 Å². The van der Waals surface area contributed by atoms with E-state index in [1.54, 1.807) is 12.3 Å². The lowest BCUT2D eigenvalue weighted by molar-refractivity contribution is 0.102. The van der Waals surface area contributed by atoms with Crippen molar-refractivity contribution in [1.82, 2.24) is 9.78 Å². The molecule has 1 N–H and O–H groups in total. The van der Waals surface area contributed by atoms with Crippen molar-refractivity contribution in [3.63, 3.8) is 0 Å². The Hall–Kier alpha value is -3.08. The van der Waals surface area contributed by atoms with Crippen molar-refractivity contribution < 1.29 is 9.53 Å². The summed E-state index contributed by atoms with van der Waals surface area (Å²) < 4.78 is 7.34. The molecule has 5 heteroatoms. The SMILES string of the molecule is CCOc1ccc(C(=O)Nc2ccnn2CCc2ccccc2)cc1C. The second kappa shape index (κ2) is 8.34. The van der Waals surface area contributed by atoms with Crippen LogP contribution < -0.4 is 10.1 Å². The minimum absolute atomic E-state index is 0.155. The van der Waals surface area contributed by atoms with Crippen molar-refractivity contribution in [3.05, 3.63) is 77.5 Å². The molecule has 3 rings (SSSR count). The van der Waals surface area contributed by atoms with E-state index in [0.717, 1.165) is 17.7 Å². The maximum atomic E-state index is 12.6. The molecule has 1 aromatic heterocycles. The highest BCUT2D eigenvalue weighted by atomic mass is 16.5. The third-order valence-electron chi connectivity index (χ3n) is 4.15. The Bertz CT molecular complexity index is 872. The maximum absolute atomic E-state index is 12.6. The van der Waals surface area contributed by atoms with E-state index in [9.17, 15) is 4.79 Å². The van der Waals surface area contributed by atoms with Gasteiger partial charge in [0.15, 0.2) is 0 Å². The number of carbonyl (C=O) groups excluding carboxylic acids is 1. The standard InChI is InChI=1S/C21H23N3O2/c1-3-26-19-10-9-18(15-16(19)2)21(25)23-20-11-13-22-24(20)14-12-17-7-5-4-6-8-17/h4-11,13,15H,3,12,14H2,1-2H3,(H,23,25). The maximum Gasteiger partial charge on any atom is 0.256 e. The Morgan fingerprint density at radius 2 is 1.96 bits per heavy atom. The lowest BCUT2D eigenvalue weighted by atomic mass is 10.1. The zero-order valence-electron chi connectivity index (χ0n) is 15.1. The fourth-order valence-electron chi connectivity index (χ4n) is 2.79. The molecule has 0 aliphatic heterocycles. The second-order valence-electron chi connectivity index (χ2n) is 6.04. The van der Waals surface area contributed by atoms with Gasteiger partial charge in [-0.1, -0.05) is 30.3 Å². The fraction of sp³-hybridized carbons (Fsp3) is 0.238. The summed E-state index contributed by atoms with van der Waals surface area (Å²) in [5, 5.41) is 7.26. The van der Waals surface area contributed by atoms with Crippen molar-refractivity contribution in [2.24, 2.45) is 0 Å². The number of anilines is 1. The zero-order chi connectivity index (χ0) is 18.4. The highest BCUT2D eigenvalue weighted by molar-refractivity contribution is 6.04. The van der Waals surface area contributed by atoms with Crippen LogP contribution in [0.15, 0.2) is 60.8 Å². The van der Waals surface area contributed by atoms with E-state index in [0.29, 0.717) is 24.5 Å². The van der Waals surface area contributed by atoms with Crippen LogP contribution in [-0.2, 0) is 13.0 Å². The summed E-state index contributed by atoms with van der Waals surface area (Å²) in [5.41, 5.74) is 2.78. The first-order valence-corrected chi connectivity index (χ1v) is 8.78. The molecule has 0 spiro atoms. The average Bonchev–Trinajstić information content (AvgIpc) is 3.09. The molecule has 1 amide bonds. The van der Waals surface area contributed by atoms with Crippen LogP contribution in [0.4, 0.5) is 5.82 Å². The lowest BCUT2D eigenvalue weighted by Crippen LogP contribution is -2.16. The number of benzene rings is 2. The highest BCUT2D eigenvalue weighted by Crippen LogP contribution is 2.20. The van der Waals surface area contributed by atoms with Gasteiger partial charge in [0.2, 0.25) is 0 Å². The van der Waals surface area contributed by atoms with E-state index in [1.807, 2.05) is 54.9 Å². The summed E-state index contributed by atoms with van der Waals surface area (Å²) >= 11 is 0. The molecule has 0 radical (unpaired) electrons. The van der Waals surface area contributed by atoms with E-state index >= 15 is 0 Å². The average molecular weight is 349 g/mol. The van der Waals surface area contributed by atoms with Crippen LogP contribution in [0.25, 0.3) is 0 Å². The van der Waals surface area contributed by atoms with E-state index < -0.39 is 0 Å². The van der Waals surface area contributed by atoms with Crippen LogP contribution in [0, 0.1) is 6.92 Å². The minimum atomic E-state index is -0.155.